The van der Waals surface area contributed by atoms with E-state index in [9.17, 15) is 4.79 Å². The first-order chi connectivity index (χ1) is 12.0. The quantitative estimate of drug-likeness (QED) is 0.771. The molecule has 0 radical (unpaired) electrons. The van der Waals surface area contributed by atoms with Crippen LogP contribution in [0.5, 0.6) is 11.5 Å². The Labute approximate surface area is 145 Å². The van der Waals surface area contributed by atoms with Crippen molar-refractivity contribution in [2.45, 2.75) is 19.9 Å². The largest absolute Gasteiger partial charge is 0.497 e. The van der Waals surface area contributed by atoms with Crippen molar-refractivity contribution in [1.29, 1.82) is 0 Å². The topological polar surface area (TPSA) is 78.3 Å². The van der Waals surface area contributed by atoms with Crippen LogP contribution in [0.15, 0.2) is 36.7 Å². The summed E-state index contributed by atoms with van der Waals surface area (Å²) in [5, 5.41) is 7.97. The van der Waals surface area contributed by atoms with Gasteiger partial charge in [-0.05, 0) is 19.9 Å². The summed E-state index contributed by atoms with van der Waals surface area (Å²) in [6, 6.07) is 7.17. The fourth-order valence-corrected chi connectivity index (χ4v) is 2.53. The zero-order valence-corrected chi connectivity index (χ0v) is 14.6. The van der Waals surface area contributed by atoms with Crippen LogP contribution < -0.4 is 14.8 Å². The maximum absolute atomic E-state index is 12.5. The van der Waals surface area contributed by atoms with Crippen LogP contribution in [0.4, 0.5) is 5.69 Å². The van der Waals surface area contributed by atoms with Gasteiger partial charge in [0.2, 0.25) is 0 Å². The van der Waals surface area contributed by atoms with E-state index in [0.29, 0.717) is 22.7 Å². The lowest BCUT2D eigenvalue weighted by Crippen LogP contribution is -2.12. The Bertz CT molecular complexity index is 896. The number of carbonyl (C=O) groups is 1. The highest BCUT2D eigenvalue weighted by Crippen LogP contribution is 2.26. The lowest BCUT2D eigenvalue weighted by Gasteiger charge is -2.10. The minimum absolute atomic E-state index is 0.203. The minimum atomic E-state index is -0.262. The van der Waals surface area contributed by atoms with E-state index in [1.165, 1.54) is 0 Å². The van der Waals surface area contributed by atoms with Gasteiger partial charge in [0.25, 0.3) is 5.91 Å². The maximum Gasteiger partial charge on any atom is 0.257 e. The van der Waals surface area contributed by atoms with Crippen LogP contribution in [0, 0.1) is 0 Å². The predicted molar refractivity (Wildman–Crippen MR) is 95.4 cm³/mol. The van der Waals surface area contributed by atoms with E-state index in [4.69, 9.17) is 9.47 Å². The molecule has 0 atom stereocenters. The number of fused-ring (bicyclic) bond motifs is 1. The summed E-state index contributed by atoms with van der Waals surface area (Å²) in [7, 11) is 3.12. The monoisotopic (exact) mass is 340 g/mol. The van der Waals surface area contributed by atoms with Gasteiger partial charge in [0.15, 0.2) is 5.65 Å². The van der Waals surface area contributed by atoms with E-state index < -0.39 is 0 Å². The van der Waals surface area contributed by atoms with Crippen molar-refractivity contribution in [2.24, 2.45) is 0 Å². The number of anilines is 1. The van der Waals surface area contributed by atoms with Crippen LogP contribution in [-0.2, 0) is 0 Å². The van der Waals surface area contributed by atoms with Crippen LogP contribution in [0.3, 0.4) is 0 Å². The number of rotatable bonds is 5. The van der Waals surface area contributed by atoms with E-state index in [0.717, 1.165) is 11.0 Å². The molecule has 130 valence electrons. The standard InChI is InChI=1S/C18H20N4O3/c1-11(2)22-17-12(10-20-22)5-13(9-19-17)18(23)21-14-6-15(24-3)8-16(7-14)25-4/h5-11H,1-4H3,(H,21,23). The third-order valence-electron chi connectivity index (χ3n) is 3.79. The molecule has 2 heterocycles. The SMILES string of the molecule is COc1cc(NC(=O)c2cnc3c(cnn3C(C)C)c2)cc(OC)c1. The van der Waals surface area contributed by atoms with Crippen molar-refractivity contribution in [1.82, 2.24) is 14.8 Å². The molecule has 1 amide bonds. The Kier molecular flexibility index (Phi) is 4.56. The van der Waals surface area contributed by atoms with Crippen molar-refractivity contribution < 1.29 is 14.3 Å². The molecular weight excluding hydrogens is 320 g/mol. The number of methoxy groups -OCH3 is 2. The van der Waals surface area contributed by atoms with Crippen LogP contribution in [0.1, 0.15) is 30.2 Å². The summed E-state index contributed by atoms with van der Waals surface area (Å²) in [4.78, 5) is 16.9. The lowest BCUT2D eigenvalue weighted by atomic mass is 10.2. The van der Waals surface area contributed by atoms with Crippen molar-refractivity contribution in [3.05, 3.63) is 42.2 Å². The summed E-state index contributed by atoms with van der Waals surface area (Å²) in [5.41, 5.74) is 1.80. The average Bonchev–Trinajstić information content (AvgIpc) is 3.04. The molecule has 3 rings (SSSR count). The molecule has 0 saturated heterocycles. The third kappa shape index (κ3) is 3.40. The summed E-state index contributed by atoms with van der Waals surface area (Å²) in [6.07, 6.45) is 3.27. The molecule has 7 heteroatoms. The van der Waals surface area contributed by atoms with Gasteiger partial charge in [-0.15, -0.1) is 0 Å². The van der Waals surface area contributed by atoms with Gasteiger partial charge < -0.3 is 14.8 Å². The fraction of sp³-hybridized carbons (Fsp3) is 0.278. The van der Waals surface area contributed by atoms with E-state index in [2.05, 4.69) is 15.4 Å². The molecule has 0 aliphatic carbocycles. The number of nitrogens with zero attached hydrogens (tertiary/aromatic N) is 3. The molecule has 0 fully saturated rings. The van der Waals surface area contributed by atoms with Crippen LogP contribution >= 0.6 is 0 Å². The molecule has 0 spiro atoms. The normalized spacial score (nSPS) is 10.9. The number of hydrogen-bond acceptors (Lipinski definition) is 5. The van der Waals surface area contributed by atoms with Crippen LogP contribution in [-0.4, -0.2) is 34.9 Å². The maximum atomic E-state index is 12.5. The molecule has 1 aromatic carbocycles. The Morgan fingerprint density at radius 3 is 2.36 bits per heavy atom. The molecule has 3 aromatic rings. The second-order valence-electron chi connectivity index (χ2n) is 5.88. The van der Waals surface area contributed by atoms with Gasteiger partial charge in [0.1, 0.15) is 11.5 Å². The lowest BCUT2D eigenvalue weighted by molar-refractivity contribution is 0.102. The van der Waals surface area contributed by atoms with Crippen LogP contribution in [0.25, 0.3) is 11.0 Å². The summed E-state index contributed by atoms with van der Waals surface area (Å²) >= 11 is 0. The molecule has 0 saturated carbocycles. The predicted octanol–water partition coefficient (Wildman–Crippen LogP) is 3.28. The smallest absolute Gasteiger partial charge is 0.257 e. The van der Waals surface area contributed by atoms with E-state index in [1.54, 1.807) is 50.9 Å². The average molecular weight is 340 g/mol. The van der Waals surface area contributed by atoms with Gasteiger partial charge in [0.05, 0.1) is 26.0 Å². The van der Waals surface area contributed by atoms with Gasteiger partial charge in [-0.1, -0.05) is 0 Å². The van der Waals surface area contributed by atoms with Gasteiger partial charge in [0, 0.05) is 41.5 Å². The van der Waals surface area contributed by atoms with Gasteiger partial charge in [-0.2, -0.15) is 5.10 Å². The number of pyridine rings is 1. The van der Waals surface area contributed by atoms with Gasteiger partial charge >= 0.3 is 0 Å². The second-order valence-corrected chi connectivity index (χ2v) is 5.88. The second kappa shape index (κ2) is 6.80. The summed E-state index contributed by atoms with van der Waals surface area (Å²) < 4.78 is 12.2. The minimum Gasteiger partial charge on any atom is -0.497 e. The molecule has 25 heavy (non-hydrogen) atoms. The first-order valence-corrected chi connectivity index (χ1v) is 7.89. The number of aromatic nitrogens is 3. The fourth-order valence-electron chi connectivity index (χ4n) is 2.53. The number of carbonyl (C=O) groups excluding carboxylic acids is 1. The zero-order valence-electron chi connectivity index (χ0n) is 14.6. The molecular formula is C18H20N4O3. The summed E-state index contributed by atoms with van der Waals surface area (Å²) in [5.74, 6) is 0.935. The first-order valence-electron chi connectivity index (χ1n) is 7.89. The van der Waals surface area contributed by atoms with E-state index >= 15 is 0 Å². The highest BCUT2D eigenvalue weighted by atomic mass is 16.5. The summed E-state index contributed by atoms with van der Waals surface area (Å²) in [6.45, 7) is 4.07. The first kappa shape index (κ1) is 16.8. The highest BCUT2D eigenvalue weighted by molar-refractivity contribution is 6.05. The highest BCUT2D eigenvalue weighted by Gasteiger charge is 2.13. The molecule has 0 aliphatic rings. The van der Waals surface area contributed by atoms with Crippen molar-refractivity contribution in [3.63, 3.8) is 0 Å². The number of hydrogen-bond donors (Lipinski definition) is 1. The van der Waals surface area contributed by atoms with Crippen molar-refractivity contribution in [3.8, 4) is 11.5 Å². The van der Waals surface area contributed by atoms with Gasteiger partial charge in [-0.25, -0.2) is 9.67 Å². The molecule has 2 aromatic heterocycles. The van der Waals surface area contributed by atoms with Gasteiger partial charge in [-0.3, -0.25) is 4.79 Å². The number of nitrogens with one attached hydrogen (secondary N) is 1. The zero-order chi connectivity index (χ0) is 18.0. The van der Waals surface area contributed by atoms with E-state index in [1.807, 2.05) is 18.5 Å². The van der Waals surface area contributed by atoms with E-state index in [-0.39, 0.29) is 11.9 Å². The number of amides is 1. The Hall–Kier alpha value is -3.09. The Morgan fingerprint density at radius 1 is 1.08 bits per heavy atom. The molecule has 0 aliphatic heterocycles. The van der Waals surface area contributed by atoms with Crippen molar-refractivity contribution in [2.75, 3.05) is 19.5 Å². The Morgan fingerprint density at radius 2 is 1.76 bits per heavy atom. The third-order valence-corrected chi connectivity index (χ3v) is 3.79. The number of ether oxygens (including phenoxy) is 2. The molecule has 1 N–H and O–H groups in total. The molecule has 0 unspecified atom stereocenters. The van der Waals surface area contributed by atoms with Crippen LogP contribution in [0.2, 0.25) is 0 Å². The molecule has 0 bridgehead atoms. The number of benzene rings is 1. The molecule has 7 nitrogen and oxygen atoms in total. The Balaban J connectivity index is 1.87. The van der Waals surface area contributed by atoms with Crippen molar-refractivity contribution >= 4 is 22.6 Å².